The van der Waals surface area contributed by atoms with Gasteiger partial charge in [0, 0.05) is 11.6 Å². The number of carbonyl (C=O) groups excluding carboxylic acids is 1. The number of hydrogen-bond acceptors (Lipinski definition) is 4. The Labute approximate surface area is 153 Å². The molecule has 5 nitrogen and oxygen atoms in total. The van der Waals surface area contributed by atoms with E-state index in [4.69, 9.17) is 0 Å². The largest absolute Gasteiger partial charge is 0.306 e. The van der Waals surface area contributed by atoms with Crippen LogP contribution in [-0.2, 0) is 0 Å². The van der Waals surface area contributed by atoms with Gasteiger partial charge in [-0.3, -0.25) is 4.79 Å². The molecule has 0 atom stereocenters. The first-order chi connectivity index (χ1) is 12.5. The molecule has 7 heteroatoms. The molecule has 0 bridgehead atoms. The monoisotopic (exact) mass is 366 g/mol. The van der Waals surface area contributed by atoms with Gasteiger partial charge < -0.3 is 5.32 Å². The Morgan fingerprint density at radius 1 is 1.15 bits per heavy atom. The minimum Gasteiger partial charge on any atom is -0.306 e. The third-order valence-electron chi connectivity index (χ3n) is 3.99. The molecule has 0 aliphatic rings. The molecule has 0 radical (unpaired) electrons. The lowest BCUT2D eigenvalue weighted by atomic mass is 10.3. The molecule has 3 heterocycles. The van der Waals surface area contributed by atoms with E-state index in [2.05, 4.69) is 15.4 Å². The van der Waals surface area contributed by atoms with Gasteiger partial charge in [0.25, 0.3) is 5.91 Å². The number of carbonyl (C=O) groups is 1. The second kappa shape index (κ2) is 6.34. The van der Waals surface area contributed by atoms with Crippen molar-refractivity contribution in [3.8, 4) is 5.69 Å². The molecule has 0 aliphatic heterocycles. The fourth-order valence-corrected chi connectivity index (χ4v) is 3.71. The van der Waals surface area contributed by atoms with Crippen molar-refractivity contribution in [1.29, 1.82) is 0 Å². The average molecular weight is 366 g/mol. The minimum absolute atomic E-state index is 0.215. The number of hydrogen-bond donors (Lipinski definition) is 1. The number of fused-ring (bicyclic) bond motifs is 1. The van der Waals surface area contributed by atoms with Crippen LogP contribution >= 0.6 is 11.3 Å². The van der Waals surface area contributed by atoms with Crippen LogP contribution in [0.5, 0.6) is 0 Å². The molecule has 1 amide bonds. The van der Waals surface area contributed by atoms with E-state index in [0.29, 0.717) is 10.7 Å². The molecular formula is C19H15FN4OS. The number of benzene rings is 1. The molecule has 0 aliphatic carbocycles. The summed E-state index contributed by atoms with van der Waals surface area (Å²) in [6.45, 7) is 3.83. The Bertz CT molecular complexity index is 1100. The van der Waals surface area contributed by atoms with Gasteiger partial charge >= 0.3 is 0 Å². The molecule has 3 aromatic heterocycles. The lowest BCUT2D eigenvalue weighted by Crippen LogP contribution is -2.11. The Balaban J connectivity index is 1.69. The van der Waals surface area contributed by atoms with Crippen LogP contribution < -0.4 is 5.32 Å². The van der Waals surface area contributed by atoms with E-state index in [-0.39, 0.29) is 11.7 Å². The summed E-state index contributed by atoms with van der Waals surface area (Å²) in [5.41, 5.74) is 2.59. The van der Waals surface area contributed by atoms with Crippen LogP contribution in [0.2, 0.25) is 0 Å². The van der Waals surface area contributed by atoms with Crippen molar-refractivity contribution in [2.45, 2.75) is 13.8 Å². The van der Waals surface area contributed by atoms with E-state index < -0.39 is 0 Å². The van der Waals surface area contributed by atoms with Gasteiger partial charge in [0.05, 0.1) is 16.3 Å². The van der Waals surface area contributed by atoms with Gasteiger partial charge in [0.15, 0.2) is 0 Å². The molecule has 26 heavy (non-hydrogen) atoms. The predicted octanol–water partition coefficient (Wildman–Crippen LogP) is 4.49. The van der Waals surface area contributed by atoms with Crippen LogP contribution in [0.3, 0.4) is 0 Å². The molecule has 0 fully saturated rings. The van der Waals surface area contributed by atoms with E-state index in [1.165, 1.54) is 23.5 Å². The van der Waals surface area contributed by atoms with Crippen LogP contribution in [0, 0.1) is 19.7 Å². The molecule has 130 valence electrons. The van der Waals surface area contributed by atoms with E-state index in [1.54, 1.807) is 29.1 Å². The highest BCUT2D eigenvalue weighted by molar-refractivity contribution is 7.20. The smallest absolute Gasteiger partial charge is 0.266 e. The first-order valence-corrected chi connectivity index (χ1v) is 8.82. The van der Waals surface area contributed by atoms with Crippen molar-refractivity contribution in [2.75, 3.05) is 5.32 Å². The Morgan fingerprint density at radius 3 is 2.62 bits per heavy atom. The molecule has 1 aromatic carbocycles. The maximum atomic E-state index is 13.2. The molecule has 0 saturated carbocycles. The second-order valence-electron chi connectivity index (χ2n) is 5.98. The first-order valence-electron chi connectivity index (χ1n) is 8.00. The minimum atomic E-state index is -0.300. The number of amides is 1. The number of thiophene rings is 1. The highest BCUT2D eigenvalue weighted by atomic mass is 32.1. The molecular weight excluding hydrogens is 351 g/mol. The van der Waals surface area contributed by atoms with Crippen LogP contribution in [0.4, 0.5) is 10.2 Å². The highest BCUT2D eigenvalue weighted by Gasteiger charge is 2.17. The summed E-state index contributed by atoms with van der Waals surface area (Å²) in [5, 5.41) is 8.21. The Morgan fingerprint density at radius 2 is 1.92 bits per heavy atom. The molecule has 0 unspecified atom stereocenters. The summed E-state index contributed by atoms with van der Waals surface area (Å²) < 4.78 is 14.9. The quantitative estimate of drug-likeness (QED) is 0.581. The van der Waals surface area contributed by atoms with Crippen molar-refractivity contribution in [3.05, 3.63) is 70.6 Å². The Hall–Kier alpha value is -3.06. The summed E-state index contributed by atoms with van der Waals surface area (Å²) in [6.07, 6.45) is 1.71. The van der Waals surface area contributed by atoms with Crippen molar-refractivity contribution in [3.63, 3.8) is 0 Å². The first kappa shape index (κ1) is 16.4. The number of halogens is 1. The van der Waals surface area contributed by atoms with Gasteiger partial charge in [-0.1, -0.05) is 6.07 Å². The second-order valence-corrected chi connectivity index (χ2v) is 7.01. The van der Waals surface area contributed by atoms with E-state index in [1.807, 2.05) is 26.0 Å². The zero-order valence-corrected chi connectivity index (χ0v) is 15.0. The normalized spacial score (nSPS) is 11.0. The van der Waals surface area contributed by atoms with Crippen LogP contribution in [0.1, 0.15) is 20.9 Å². The van der Waals surface area contributed by atoms with Gasteiger partial charge in [-0.25, -0.2) is 14.1 Å². The highest BCUT2D eigenvalue weighted by Crippen LogP contribution is 2.30. The lowest BCUT2D eigenvalue weighted by Gasteiger charge is -2.03. The van der Waals surface area contributed by atoms with Gasteiger partial charge in [0.1, 0.15) is 16.5 Å². The molecule has 1 N–H and O–H groups in total. The summed E-state index contributed by atoms with van der Waals surface area (Å²) in [7, 11) is 0. The van der Waals surface area contributed by atoms with Crippen molar-refractivity contribution >= 4 is 33.3 Å². The van der Waals surface area contributed by atoms with Crippen molar-refractivity contribution in [2.24, 2.45) is 0 Å². The summed E-state index contributed by atoms with van der Waals surface area (Å²) in [5.74, 6) is -0.00624. The summed E-state index contributed by atoms with van der Waals surface area (Å²) in [4.78, 5) is 18.2. The molecule has 0 saturated heterocycles. The number of rotatable bonds is 3. The molecule has 4 rings (SSSR count). The van der Waals surface area contributed by atoms with Crippen LogP contribution in [0.15, 0.2) is 48.7 Å². The summed E-state index contributed by atoms with van der Waals surface area (Å²) >= 11 is 1.34. The number of nitrogens with zero attached hydrogens (tertiary/aromatic N) is 3. The number of pyridine rings is 1. The number of aromatic nitrogens is 3. The Kier molecular flexibility index (Phi) is 4.00. The van der Waals surface area contributed by atoms with Gasteiger partial charge in [-0.15, -0.1) is 11.3 Å². The van der Waals surface area contributed by atoms with E-state index in [0.717, 1.165) is 27.2 Å². The number of aryl methyl sites for hydroxylation is 2. The zero-order chi connectivity index (χ0) is 18.3. The fraction of sp³-hybridized carbons (Fsp3) is 0.105. The van der Waals surface area contributed by atoms with Gasteiger partial charge in [-0.05, 0) is 55.8 Å². The van der Waals surface area contributed by atoms with Crippen molar-refractivity contribution < 1.29 is 9.18 Å². The van der Waals surface area contributed by atoms with Crippen molar-refractivity contribution in [1.82, 2.24) is 14.8 Å². The van der Waals surface area contributed by atoms with Crippen LogP contribution in [0.25, 0.3) is 15.9 Å². The maximum absolute atomic E-state index is 13.2. The maximum Gasteiger partial charge on any atom is 0.266 e. The fourth-order valence-electron chi connectivity index (χ4n) is 2.64. The average Bonchev–Trinajstić information content (AvgIpc) is 3.19. The zero-order valence-electron chi connectivity index (χ0n) is 14.2. The topological polar surface area (TPSA) is 59.8 Å². The third-order valence-corrected chi connectivity index (χ3v) is 5.10. The van der Waals surface area contributed by atoms with Crippen LogP contribution in [-0.4, -0.2) is 20.7 Å². The SMILES string of the molecule is Cc1ccc(NC(=O)c2cc3c(C)nn(-c4ccc(F)cc4)c3s2)nc1. The van der Waals surface area contributed by atoms with E-state index in [9.17, 15) is 9.18 Å². The lowest BCUT2D eigenvalue weighted by molar-refractivity contribution is 0.103. The standard InChI is InChI=1S/C19H15FN4OS/c1-11-3-8-17(21-10-11)22-18(25)16-9-15-12(2)23-24(19(15)26-16)14-6-4-13(20)5-7-14/h3-10H,1-2H3,(H,21,22,25). The predicted molar refractivity (Wildman–Crippen MR) is 101 cm³/mol. The van der Waals surface area contributed by atoms with E-state index >= 15 is 0 Å². The molecule has 4 aromatic rings. The number of nitrogens with one attached hydrogen (secondary N) is 1. The third kappa shape index (κ3) is 2.97. The van der Waals surface area contributed by atoms with Gasteiger partial charge in [0.2, 0.25) is 0 Å². The van der Waals surface area contributed by atoms with Gasteiger partial charge in [-0.2, -0.15) is 5.10 Å². The molecule has 0 spiro atoms. The number of anilines is 1. The summed E-state index contributed by atoms with van der Waals surface area (Å²) in [6, 6.07) is 11.6.